The average molecular weight is 549 g/mol. The van der Waals surface area contributed by atoms with Crippen molar-refractivity contribution in [2.75, 3.05) is 11.1 Å². The lowest BCUT2D eigenvalue weighted by Crippen LogP contribution is -2.29. The van der Waals surface area contributed by atoms with E-state index in [-0.39, 0.29) is 36.4 Å². The van der Waals surface area contributed by atoms with Gasteiger partial charge in [-0.1, -0.05) is 42.7 Å². The number of aryl methyl sites for hydroxylation is 1. The highest BCUT2D eigenvalue weighted by Gasteiger charge is 2.27. The van der Waals surface area contributed by atoms with Crippen LogP contribution in [0.1, 0.15) is 50.8 Å². The van der Waals surface area contributed by atoms with Gasteiger partial charge in [0.15, 0.2) is 17.0 Å². The molecule has 4 aromatic rings. The summed E-state index contributed by atoms with van der Waals surface area (Å²) in [5.74, 6) is 6.14. The zero-order valence-electron chi connectivity index (χ0n) is 21.4. The normalized spacial score (nSPS) is 14.2. The maximum absolute atomic E-state index is 14.1. The fraction of sp³-hybridized carbons (Fsp3) is 0.310. The van der Waals surface area contributed by atoms with Gasteiger partial charge in [0, 0.05) is 24.2 Å². The van der Waals surface area contributed by atoms with E-state index in [0.717, 1.165) is 24.9 Å². The van der Waals surface area contributed by atoms with Gasteiger partial charge in [0.1, 0.15) is 17.2 Å². The number of anilines is 2. The zero-order chi connectivity index (χ0) is 26.5. The first-order valence-corrected chi connectivity index (χ1v) is 12.8. The minimum Gasteiger partial charge on any atom is -0.382 e. The molecule has 0 saturated heterocycles. The Hall–Kier alpha value is -4.00. The Morgan fingerprint density at radius 3 is 2.59 bits per heavy atom. The van der Waals surface area contributed by atoms with Crippen LogP contribution in [0.5, 0.6) is 0 Å². The number of halogens is 2. The summed E-state index contributed by atoms with van der Waals surface area (Å²) in [5.41, 5.74) is 7.31. The summed E-state index contributed by atoms with van der Waals surface area (Å²) < 4.78 is 15.9. The second-order valence-electron chi connectivity index (χ2n) is 9.56. The fourth-order valence-corrected chi connectivity index (χ4v) is 4.71. The number of nitrogens with one attached hydrogen (secondary N) is 1. The van der Waals surface area contributed by atoms with Crippen molar-refractivity contribution in [2.24, 2.45) is 0 Å². The number of nitrogen functional groups attached to an aromatic ring is 1. The number of carbonyl (C=O) groups is 1. The Bertz CT molecular complexity index is 1520. The van der Waals surface area contributed by atoms with Gasteiger partial charge in [0.25, 0.3) is 0 Å². The number of amides is 1. The molecule has 1 aliphatic rings. The molecule has 0 radical (unpaired) electrons. The van der Waals surface area contributed by atoms with Crippen LogP contribution >= 0.6 is 12.4 Å². The van der Waals surface area contributed by atoms with Gasteiger partial charge in [-0.3, -0.25) is 4.79 Å². The lowest BCUT2D eigenvalue weighted by Gasteiger charge is -2.26. The summed E-state index contributed by atoms with van der Waals surface area (Å²) in [6.07, 6.45) is 4.91. The van der Waals surface area contributed by atoms with Crippen molar-refractivity contribution in [1.29, 1.82) is 0 Å². The van der Waals surface area contributed by atoms with Crippen molar-refractivity contribution in [2.45, 2.75) is 57.1 Å². The molecule has 0 spiro atoms. The molecule has 10 heteroatoms. The number of aliphatic hydroxyl groups is 1. The summed E-state index contributed by atoms with van der Waals surface area (Å²) >= 11 is 0. The van der Waals surface area contributed by atoms with Crippen LogP contribution in [-0.2, 0) is 11.3 Å². The predicted octanol–water partition coefficient (Wildman–Crippen LogP) is 5.10. The molecule has 4 N–H and O–H groups in total. The number of hydrogen-bond acceptors (Lipinski definition) is 6. The van der Waals surface area contributed by atoms with E-state index in [0.29, 0.717) is 48.4 Å². The molecule has 2 aromatic carbocycles. The molecule has 202 valence electrons. The fourth-order valence-electron chi connectivity index (χ4n) is 4.71. The van der Waals surface area contributed by atoms with Crippen molar-refractivity contribution in [1.82, 2.24) is 19.5 Å². The Morgan fingerprint density at radius 1 is 1.08 bits per heavy atom. The molecule has 5 rings (SSSR count). The van der Waals surface area contributed by atoms with Crippen LogP contribution < -0.4 is 11.1 Å². The molecular formula is C29H30ClFN6O2. The Kier molecular flexibility index (Phi) is 8.79. The number of aromatic nitrogens is 4. The molecule has 2 aromatic heterocycles. The van der Waals surface area contributed by atoms with Crippen molar-refractivity contribution >= 4 is 41.0 Å². The maximum atomic E-state index is 14.1. The minimum absolute atomic E-state index is 0. The highest BCUT2D eigenvalue weighted by molar-refractivity contribution is 5.90. The van der Waals surface area contributed by atoms with E-state index in [1.165, 1.54) is 12.1 Å². The van der Waals surface area contributed by atoms with Crippen LogP contribution in [0.25, 0.3) is 22.6 Å². The SMILES string of the molecule is Cl.Nc1nc(C#CC2(O)CCCCC2)nc2c1nc(-c1cccc(F)c1)n2CCCC(=O)Nc1ccccc1. The van der Waals surface area contributed by atoms with Gasteiger partial charge in [-0.15, -0.1) is 12.4 Å². The van der Waals surface area contributed by atoms with Gasteiger partial charge in [-0.25, -0.2) is 19.3 Å². The molecule has 8 nitrogen and oxygen atoms in total. The molecule has 2 heterocycles. The molecular weight excluding hydrogens is 519 g/mol. The zero-order valence-corrected chi connectivity index (χ0v) is 22.2. The number of nitrogens with zero attached hydrogens (tertiary/aromatic N) is 4. The van der Waals surface area contributed by atoms with E-state index in [1.807, 2.05) is 34.9 Å². The van der Waals surface area contributed by atoms with Gasteiger partial charge in [0.05, 0.1) is 0 Å². The van der Waals surface area contributed by atoms with Crippen LogP contribution in [0, 0.1) is 17.7 Å². The molecule has 0 atom stereocenters. The van der Waals surface area contributed by atoms with E-state index >= 15 is 0 Å². The number of hydrogen-bond donors (Lipinski definition) is 3. The topological polar surface area (TPSA) is 119 Å². The molecule has 1 saturated carbocycles. The molecule has 1 aliphatic carbocycles. The van der Waals surface area contributed by atoms with E-state index in [2.05, 4.69) is 32.1 Å². The van der Waals surface area contributed by atoms with Crippen LogP contribution in [0.3, 0.4) is 0 Å². The summed E-state index contributed by atoms with van der Waals surface area (Å²) in [5, 5.41) is 13.7. The van der Waals surface area contributed by atoms with Crippen LogP contribution in [0.15, 0.2) is 54.6 Å². The van der Waals surface area contributed by atoms with Crippen LogP contribution in [0.4, 0.5) is 15.9 Å². The largest absolute Gasteiger partial charge is 0.382 e. The monoisotopic (exact) mass is 548 g/mol. The van der Waals surface area contributed by atoms with E-state index < -0.39 is 11.4 Å². The van der Waals surface area contributed by atoms with Crippen molar-refractivity contribution in [3.8, 4) is 23.2 Å². The molecule has 1 amide bonds. The van der Waals surface area contributed by atoms with Gasteiger partial charge in [-0.2, -0.15) is 0 Å². The number of para-hydroxylation sites is 1. The Morgan fingerprint density at radius 2 is 1.85 bits per heavy atom. The first-order chi connectivity index (χ1) is 18.4. The predicted molar refractivity (Wildman–Crippen MR) is 152 cm³/mol. The Balaban J connectivity index is 0.00000353. The molecule has 0 bridgehead atoms. The summed E-state index contributed by atoms with van der Waals surface area (Å²) in [6, 6.07) is 15.4. The van der Waals surface area contributed by atoms with E-state index in [1.54, 1.807) is 12.1 Å². The number of imidazole rings is 1. The molecule has 39 heavy (non-hydrogen) atoms. The van der Waals surface area contributed by atoms with Gasteiger partial charge < -0.3 is 20.7 Å². The van der Waals surface area contributed by atoms with E-state index in [4.69, 9.17) is 5.73 Å². The Labute approximate surface area is 232 Å². The number of rotatable bonds is 6. The molecule has 0 aliphatic heterocycles. The number of fused-ring (bicyclic) bond motifs is 1. The second kappa shape index (κ2) is 12.2. The smallest absolute Gasteiger partial charge is 0.224 e. The van der Waals surface area contributed by atoms with Crippen molar-refractivity contribution < 1.29 is 14.3 Å². The maximum Gasteiger partial charge on any atom is 0.224 e. The third-order valence-electron chi connectivity index (χ3n) is 6.64. The van der Waals surface area contributed by atoms with Gasteiger partial charge in [0.2, 0.25) is 11.7 Å². The van der Waals surface area contributed by atoms with Gasteiger partial charge in [-0.05, 0) is 62.3 Å². The lowest BCUT2D eigenvalue weighted by atomic mass is 9.85. The summed E-state index contributed by atoms with van der Waals surface area (Å²) in [7, 11) is 0. The number of nitrogens with two attached hydrogens (primary N) is 1. The number of carbonyl (C=O) groups excluding carboxylic acids is 1. The summed E-state index contributed by atoms with van der Waals surface area (Å²) in [6.45, 7) is 0.387. The standard InChI is InChI=1S/C29H29FN6O2.ClH/c30-21-10-7-9-20(19-21)27-35-25-26(31)33-23(14-17-29(38)15-5-2-6-16-29)34-28(25)36(27)18-8-13-24(37)32-22-11-3-1-4-12-22;/h1,3-4,7,9-12,19,38H,2,5-6,8,13,15-16,18H2,(H,32,37)(H2,31,33,34);1H. The van der Waals surface area contributed by atoms with Crippen molar-refractivity contribution in [3.05, 3.63) is 66.2 Å². The van der Waals surface area contributed by atoms with Gasteiger partial charge >= 0.3 is 0 Å². The van der Waals surface area contributed by atoms with Crippen LogP contribution in [0.2, 0.25) is 0 Å². The van der Waals surface area contributed by atoms with E-state index in [9.17, 15) is 14.3 Å². The highest BCUT2D eigenvalue weighted by Crippen LogP contribution is 2.29. The minimum atomic E-state index is -1.05. The third kappa shape index (κ3) is 6.72. The lowest BCUT2D eigenvalue weighted by molar-refractivity contribution is -0.116. The summed E-state index contributed by atoms with van der Waals surface area (Å²) in [4.78, 5) is 26.1. The second-order valence-corrected chi connectivity index (χ2v) is 9.56. The highest BCUT2D eigenvalue weighted by atomic mass is 35.5. The molecule has 1 fully saturated rings. The number of benzene rings is 2. The molecule has 0 unspecified atom stereocenters. The van der Waals surface area contributed by atoms with Crippen molar-refractivity contribution in [3.63, 3.8) is 0 Å². The van der Waals surface area contributed by atoms with Crippen LogP contribution in [-0.4, -0.2) is 36.1 Å². The average Bonchev–Trinajstić information content (AvgIpc) is 3.28. The quantitative estimate of drug-likeness (QED) is 0.288. The first kappa shape index (κ1) is 28.0. The first-order valence-electron chi connectivity index (χ1n) is 12.8. The third-order valence-corrected chi connectivity index (χ3v) is 6.64.